The lowest BCUT2D eigenvalue weighted by Gasteiger charge is -2.22. The van der Waals surface area contributed by atoms with Gasteiger partial charge in [0.05, 0.1) is 0 Å². The average Bonchev–Trinajstić information content (AvgIpc) is 2.40. The molecule has 0 bridgehead atoms. The molecule has 1 heterocycles. The SMILES string of the molecule is CCN(c1cccc(O)c1)c1cc(C(N)=S)ccn1. The van der Waals surface area contributed by atoms with Crippen molar-refractivity contribution in [2.24, 2.45) is 5.73 Å². The monoisotopic (exact) mass is 273 g/mol. The van der Waals surface area contributed by atoms with E-state index in [1.807, 2.05) is 24.0 Å². The minimum absolute atomic E-state index is 0.224. The number of aromatic hydroxyl groups is 1. The Hall–Kier alpha value is -2.14. The molecular weight excluding hydrogens is 258 g/mol. The summed E-state index contributed by atoms with van der Waals surface area (Å²) in [6.07, 6.45) is 1.68. The molecule has 0 unspecified atom stereocenters. The van der Waals surface area contributed by atoms with E-state index in [0.717, 1.165) is 23.6 Å². The van der Waals surface area contributed by atoms with E-state index >= 15 is 0 Å². The van der Waals surface area contributed by atoms with Crippen LogP contribution in [-0.2, 0) is 0 Å². The van der Waals surface area contributed by atoms with Gasteiger partial charge in [0.1, 0.15) is 16.6 Å². The fraction of sp³-hybridized carbons (Fsp3) is 0.143. The summed E-state index contributed by atoms with van der Waals surface area (Å²) in [5, 5.41) is 9.56. The Morgan fingerprint density at radius 2 is 2.16 bits per heavy atom. The van der Waals surface area contributed by atoms with E-state index in [0.29, 0.717) is 4.99 Å². The van der Waals surface area contributed by atoms with Crippen molar-refractivity contribution >= 4 is 28.7 Å². The number of phenolic OH excluding ortho intramolecular Hbond substituents is 1. The standard InChI is InChI=1S/C14H15N3OS/c1-2-17(11-4-3-5-12(18)9-11)13-8-10(14(15)19)6-7-16-13/h3-9,18H,2H2,1H3,(H2,15,19). The van der Waals surface area contributed by atoms with Crippen molar-refractivity contribution in [2.75, 3.05) is 11.4 Å². The van der Waals surface area contributed by atoms with Crippen molar-refractivity contribution in [3.8, 4) is 5.75 Å². The zero-order valence-corrected chi connectivity index (χ0v) is 11.4. The van der Waals surface area contributed by atoms with Crippen LogP contribution in [-0.4, -0.2) is 21.6 Å². The van der Waals surface area contributed by atoms with Crippen LogP contribution in [0.5, 0.6) is 5.75 Å². The van der Waals surface area contributed by atoms with E-state index in [4.69, 9.17) is 18.0 Å². The predicted molar refractivity (Wildman–Crippen MR) is 80.9 cm³/mol. The van der Waals surface area contributed by atoms with Gasteiger partial charge in [-0.05, 0) is 31.2 Å². The van der Waals surface area contributed by atoms with Crippen LogP contribution in [0.1, 0.15) is 12.5 Å². The van der Waals surface area contributed by atoms with Crippen LogP contribution in [0.3, 0.4) is 0 Å². The first kappa shape index (κ1) is 13.3. The van der Waals surface area contributed by atoms with Crippen LogP contribution in [0.25, 0.3) is 0 Å². The van der Waals surface area contributed by atoms with Crippen LogP contribution >= 0.6 is 12.2 Å². The zero-order valence-electron chi connectivity index (χ0n) is 10.6. The number of phenols is 1. The van der Waals surface area contributed by atoms with Gasteiger partial charge in [-0.2, -0.15) is 0 Å². The number of nitrogens with zero attached hydrogens (tertiary/aromatic N) is 2. The molecule has 3 N–H and O–H groups in total. The van der Waals surface area contributed by atoms with Crippen LogP contribution in [0.15, 0.2) is 42.6 Å². The molecule has 19 heavy (non-hydrogen) atoms. The zero-order chi connectivity index (χ0) is 13.8. The van der Waals surface area contributed by atoms with Crippen molar-refractivity contribution in [2.45, 2.75) is 6.92 Å². The number of hydrogen-bond acceptors (Lipinski definition) is 4. The van der Waals surface area contributed by atoms with Gasteiger partial charge in [-0.1, -0.05) is 18.3 Å². The van der Waals surface area contributed by atoms with Gasteiger partial charge in [-0.25, -0.2) is 4.98 Å². The third-order valence-electron chi connectivity index (χ3n) is 2.76. The number of benzene rings is 1. The van der Waals surface area contributed by atoms with E-state index in [-0.39, 0.29) is 5.75 Å². The Morgan fingerprint density at radius 3 is 2.79 bits per heavy atom. The summed E-state index contributed by atoms with van der Waals surface area (Å²) in [7, 11) is 0. The third kappa shape index (κ3) is 3.00. The molecule has 98 valence electrons. The maximum Gasteiger partial charge on any atom is 0.133 e. The topological polar surface area (TPSA) is 62.4 Å². The molecule has 0 aliphatic heterocycles. The number of rotatable bonds is 4. The second kappa shape index (κ2) is 5.67. The van der Waals surface area contributed by atoms with Gasteiger partial charge in [0.25, 0.3) is 0 Å². The Balaban J connectivity index is 2.42. The minimum atomic E-state index is 0.224. The molecule has 0 aliphatic rings. The van der Waals surface area contributed by atoms with E-state index in [2.05, 4.69) is 4.98 Å². The van der Waals surface area contributed by atoms with Crippen LogP contribution in [0.4, 0.5) is 11.5 Å². The first-order chi connectivity index (χ1) is 9.11. The highest BCUT2D eigenvalue weighted by molar-refractivity contribution is 7.80. The fourth-order valence-electron chi connectivity index (χ4n) is 1.86. The van der Waals surface area contributed by atoms with Crippen molar-refractivity contribution < 1.29 is 5.11 Å². The highest BCUT2D eigenvalue weighted by Crippen LogP contribution is 2.26. The van der Waals surface area contributed by atoms with E-state index in [1.54, 1.807) is 30.5 Å². The van der Waals surface area contributed by atoms with Gasteiger partial charge in [-0.3, -0.25) is 0 Å². The smallest absolute Gasteiger partial charge is 0.133 e. The lowest BCUT2D eigenvalue weighted by atomic mass is 10.2. The van der Waals surface area contributed by atoms with Crippen LogP contribution in [0, 0.1) is 0 Å². The molecule has 1 aromatic carbocycles. The molecular formula is C14H15N3OS. The molecule has 0 fully saturated rings. The number of nitrogens with two attached hydrogens (primary N) is 1. The minimum Gasteiger partial charge on any atom is -0.508 e. The number of anilines is 2. The van der Waals surface area contributed by atoms with Crippen LogP contribution < -0.4 is 10.6 Å². The molecule has 5 heteroatoms. The number of thiocarbonyl (C=S) groups is 1. The van der Waals surface area contributed by atoms with Gasteiger partial charge in [-0.15, -0.1) is 0 Å². The molecule has 4 nitrogen and oxygen atoms in total. The normalized spacial score (nSPS) is 10.2. The first-order valence-corrected chi connectivity index (χ1v) is 6.35. The summed E-state index contributed by atoms with van der Waals surface area (Å²) in [6, 6.07) is 10.7. The Bertz CT molecular complexity index is 601. The Labute approximate surface area is 117 Å². The second-order valence-electron chi connectivity index (χ2n) is 4.03. The molecule has 0 aliphatic carbocycles. The summed E-state index contributed by atoms with van der Waals surface area (Å²) in [6.45, 7) is 2.73. The summed E-state index contributed by atoms with van der Waals surface area (Å²) in [5.41, 5.74) is 7.28. The lowest BCUT2D eigenvalue weighted by Crippen LogP contribution is -2.18. The maximum atomic E-state index is 9.56. The largest absolute Gasteiger partial charge is 0.508 e. The molecule has 0 spiro atoms. The van der Waals surface area contributed by atoms with Crippen molar-refractivity contribution in [1.82, 2.24) is 4.98 Å². The average molecular weight is 273 g/mol. The number of pyridine rings is 1. The summed E-state index contributed by atoms with van der Waals surface area (Å²) >= 11 is 4.97. The summed E-state index contributed by atoms with van der Waals surface area (Å²) < 4.78 is 0. The molecule has 2 rings (SSSR count). The van der Waals surface area contributed by atoms with E-state index in [9.17, 15) is 5.11 Å². The van der Waals surface area contributed by atoms with Crippen molar-refractivity contribution in [3.63, 3.8) is 0 Å². The van der Waals surface area contributed by atoms with E-state index in [1.165, 1.54) is 0 Å². The lowest BCUT2D eigenvalue weighted by molar-refractivity contribution is 0.475. The predicted octanol–water partition coefficient (Wildman–Crippen LogP) is 2.58. The maximum absolute atomic E-state index is 9.56. The molecule has 1 aromatic heterocycles. The van der Waals surface area contributed by atoms with E-state index < -0.39 is 0 Å². The highest BCUT2D eigenvalue weighted by Gasteiger charge is 2.10. The molecule has 0 atom stereocenters. The number of aromatic nitrogens is 1. The highest BCUT2D eigenvalue weighted by atomic mass is 32.1. The van der Waals surface area contributed by atoms with Crippen molar-refractivity contribution in [3.05, 3.63) is 48.2 Å². The Kier molecular flexibility index (Phi) is 3.97. The second-order valence-corrected chi connectivity index (χ2v) is 4.47. The Morgan fingerprint density at radius 1 is 1.37 bits per heavy atom. The molecule has 0 radical (unpaired) electrons. The van der Waals surface area contributed by atoms with Gasteiger partial charge >= 0.3 is 0 Å². The summed E-state index contributed by atoms with van der Waals surface area (Å²) in [5.74, 6) is 0.972. The van der Waals surface area contributed by atoms with Gasteiger partial charge in [0.15, 0.2) is 0 Å². The van der Waals surface area contributed by atoms with Gasteiger partial charge < -0.3 is 15.7 Å². The first-order valence-electron chi connectivity index (χ1n) is 5.94. The number of hydrogen-bond donors (Lipinski definition) is 2. The van der Waals surface area contributed by atoms with Crippen LogP contribution in [0.2, 0.25) is 0 Å². The molecule has 0 saturated heterocycles. The molecule has 0 amide bonds. The van der Waals surface area contributed by atoms with Crippen molar-refractivity contribution in [1.29, 1.82) is 0 Å². The fourth-order valence-corrected chi connectivity index (χ4v) is 1.98. The third-order valence-corrected chi connectivity index (χ3v) is 3.00. The molecule has 2 aromatic rings. The van der Waals surface area contributed by atoms with Gasteiger partial charge in [0.2, 0.25) is 0 Å². The van der Waals surface area contributed by atoms with Gasteiger partial charge in [0, 0.05) is 30.1 Å². The molecule has 0 saturated carbocycles. The summed E-state index contributed by atoms with van der Waals surface area (Å²) in [4.78, 5) is 6.64. The quantitative estimate of drug-likeness (QED) is 0.838.